The zero-order chi connectivity index (χ0) is 19.7. The lowest BCUT2D eigenvalue weighted by Crippen LogP contribution is -2.46. The minimum atomic E-state index is -4.77. The Labute approximate surface area is 159 Å². The van der Waals surface area contributed by atoms with E-state index in [2.05, 4.69) is 4.74 Å². The van der Waals surface area contributed by atoms with E-state index >= 15 is 0 Å². The fraction of sp³-hybridized carbons (Fsp3) is 0.350. The number of hydrogen-bond acceptors (Lipinski definition) is 4. The largest absolute Gasteiger partial charge is 0.573 e. The molecule has 0 radical (unpaired) electrons. The Kier molecular flexibility index (Phi) is 4.78. The molecule has 2 aliphatic rings. The molecule has 0 unspecified atom stereocenters. The zero-order valence-electron chi connectivity index (χ0n) is 14.8. The summed E-state index contributed by atoms with van der Waals surface area (Å²) < 4.78 is 52.6. The van der Waals surface area contributed by atoms with Crippen LogP contribution in [0.2, 0.25) is 0 Å². The highest BCUT2D eigenvalue weighted by atomic mass is 19.4. The van der Waals surface area contributed by atoms with E-state index in [0.29, 0.717) is 30.7 Å². The average Bonchev–Trinajstić information content (AvgIpc) is 2.66. The number of nitrogens with zero attached hydrogens (tertiary/aromatic N) is 1. The third-order valence-electron chi connectivity index (χ3n) is 4.87. The second-order valence-electron chi connectivity index (χ2n) is 6.76. The van der Waals surface area contributed by atoms with Crippen LogP contribution >= 0.6 is 0 Å². The van der Waals surface area contributed by atoms with Crippen molar-refractivity contribution in [3.8, 4) is 11.5 Å². The maximum absolute atomic E-state index is 12.6. The number of benzene rings is 2. The number of rotatable bonds is 3. The molecule has 2 aromatic carbocycles. The zero-order valence-corrected chi connectivity index (χ0v) is 14.8. The first kappa shape index (κ1) is 18.5. The third kappa shape index (κ3) is 4.00. The molecular weight excluding hydrogens is 375 g/mol. The first-order valence-electron chi connectivity index (χ1n) is 8.93. The molecule has 2 aromatic rings. The van der Waals surface area contributed by atoms with Crippen LogP contribution < -0.4 is 9.47 Å². The van der Waals surface area contributed by atoms with Crippen LogP contribution in [-0.2, 0) is 11.3 Å². The topological polar surface area (TPSA) is 48.0 Å². The molecule has 2 atom stereocenters. The van der Waals surface area contributed by atoms with Gasteiger partial charge in [0.05, 0.1) is 6.04 Å². The van der Waals surface area contributed by atoms with Crippen molar-refractivity contribution in [1.29, 1.82) is 0 Å². The number of fused-ring (bicyclic) bond motifs is 4. The summed E-state index contributed by atoms with van der Waals surface area (Å²) in [6.07, 6.45) is -4.22. The van der Waals surface area contributed by atoms with Gasteiger partial charge in [0.25, 0.3) is 0 Å². The van der Waals surface area contributed by atoms with Gasteiger partial charge in [-0.2, -0.15) is 0 Å². The number of likely N-dealkylation sites (tertiary alicyclic amines) is 1. The van der Waals surface area contributed by atoms with E-state index in [0.717, 1.165) is 5.56 Å². The van der Waals surface area contributed by atoms with Crippen molar-refractivity contribution in [3.05, 3.63) is 59.7 Å². The Hall–Kier alpha value is -2.90. The van der Waals surface area contributed by atoms with E-state index in [4.69, 9.17) is 9.47 Å². The molecule has 0 spiro atoms. The minimum Gasteiger partial charge on any atom is -0.490 e. The molecule has 0 aromatic heterocycles. The molecule has 8 heteroatoms. The van der Waals surface area contributed by atoms with E-state index in [1.807, 2.05) is 30.3 Å². The predicted molar refractivity (Wildman–Crippen MR) is 92.8 cm³/mol. The van der Waals surface area contributed by atoms with Crippen LogP contribution in [0.4, 0.5) is 18.0 Å². The van der Waals surface area contributed by atoms with Crippen molar-refractivity contribution in [2.24, 2.45) is 0 Å². The quantitative estimate of drug-likeness (QED) is 0.750. The molecule has 2 heterocycles. The SMILES string of the molecule is O=C(OCc1ccccc1)N1CC[C@H]2C[C@@H]1c1ccc(OC(F)(F)F)cc1O2. The van der Waals surface area contributed by atoms with Gasteiger partial charge in [-0.3, -0.25) is 0 Å². The Morgan fingerprint density at radius 2 is 1.96 bits per heavy atom. The molecule has 2 bridgehead atoms. The van der Waals surface area contributed by atoms with E-state index in [-0.39, 0.29) is 24.5 Å². The number of amides is 1. The Morgan fingerprint density at radius 3 is 2.71 bits per heavy atom. The van der Waals surface area contributed by atoms with Gasteiger partial charge in [0, 0.05) is 31.0 Å². The number of alkyl halides is 3. The molecule has 148 valence electrons. The van der Waals surface area contributed by atoms with Gasteiger partial charge in [0.1, 0.15) is 24.2 Å². The second kappa shape index (κ2) is 7.26. The van der Waals surface area contributed by atoms with Gasteiger partial charge in [0.2, 0.25) is 0 Å². The van der Waals surface area contributed by atoms with Crippen LogP contribution in [0.1, 0.15) is 30.0 Å². The van der Waals surface area contributed by atoms with Crippen molar-refractivity contribution in [2.45, 2.75) is 38.0 Å². The lowest BCUT2D eigenvalue weighted by molar-refractivity contribution is -0.274. The van der Waals surface area contributed by atoms with Crippen molar-refractivity contribution in [1.82, 2.24) is 4.90 Å². The highest BCUT2D eigenvalue weighted by Crippen LogP contribution is 2.44. The third-order valence-corrected chi connectivity index (χ3v) is 4.87. The second-order valence-corrected chi connectivity index (χ2v) is 6.76. The monoisotopic (exact) mass is 393 g/mol. The Morgan fingerprint density at radius 1 is 1.18 bits per heavy atom. The van der Waals surface area contributed by atoms with Crippen LogP contribution in [0.3, 0.4) is 0 Å². The van der Waals surface area contributed by atoms with E-state index in [1.165, 1.54) is 18.2 Å². The first-order chi connectivity index (χ1) is 13.4. The number of piperidine rings is 1. The lowest BCUT2D eigenvalue weighted by Gasteiger charge is -2.43. The number of halogens is 3. The molecule has 0 N–H and O–H groups in total. The first-order valence-corrected chi connectivity index (χ1v) is 8.93. The fourth-order valence-corrected chi connectivity index (χ4v) is 3.62. The maximum Gasteiger partial charge on any atom is 0.573 e. The van der Waals surface area contributed by atoms with Crippen LogP contribution in [0, 0.1) is 0 Å². The lowest BCUT2D eigenvalue weighted by atomic mass is 9.90. The van der Waals surface area contributed by atoms with Gasteiger partial charge < -0.3 is 19.1 Å². The molecule has 1 amide bonds. The van der Waals surface area contributed by atoms with Crippen LogP contribution in [0.25, 0.3) is 0 Å². The van der Waals surface area contributed by atoms with Crippen LogP contribution in [-0.4, -0.2) is 30.0 Å². The van der Waals surface area contributed by atoms with Crippen LogP contribution in [0.5, 0.6) is 11.5 Å². The summed E-state index contributed by atoms with van der Waals surface area (Å²) in [5.41, 5.74) is 1.54. The molecule has 5 nitrogen and oxygen atoms in total. The van der Waals surface area contributed by atoms with E-state index in [1.54, 1.807) is 4.90 Å². The van der Waals surface area contributed by atoms with E-state index < -0.39 is 12.5 Å². The summed E-state index contributed by atoms with van der Waals surface area (Å²) in [6.45, 7) is 0.622. The highest BCUT2D eigenvalue weighted by molar-refractivity contribution is 5.69. The summed E-state index contributed by atoms with van der Waals surface area (Å²) in [5, 5.41) is 0. The fourth-order valence-electron chi connectivity index (χ4n) is 3.62. The number of carbonyl (C=O) groups is 1. The van der Waals surface area contributed by atoms with Gasteiger partial charge in [-0.05, 0) is 17.7 Å². The Balaban J connectivity index is 1.50. The Bertz CT molecular complexity index is 856. The molecule has 2 aliphatic heterocycles. The van der Waals surface area contributed by atoms with Gasteiger partial charge >= 0.3 is 12.5 Å². The average molecular weight is 393 g/mol. The summed E-state index contributed by atoms with van der Waals surface area (Å²) in [7, 11) is 0. The highest BCUT2D eigenvalue weighted by Gasteiger charge is 2.40. The standard InChI is InChI=1S/C20H18F3NO4/c21-20(22,23)28-15-6-7-16-17-10-14(27-18(16)11-15)8-9-24(17)19(25)26-12-13-4-2-1-3-5-13/h1-7,11,14,17H,8-10,12H2/t14-,17+/m0/s1. The minimum absolute atomic E-state index is 0.156. The number of ether oxygens (including phenoxy) is 3. The van der Waals surface area contributed by atoms with Crippen molar-refractivity contribution >= 4 is 6.09 Å². The van der Waals surface area contributed by atoms with Gasteiger partial charge in [-0.1, -0.05) is 30.3 Å². The molecule has 28 heavy (non-hydrogen) atoms. The van der Waals surface area contributed by atoms with Gasteiger partial charge in [-0.25, -0.2) is 4.79 Å². The molecular formula is C20H18F3NO4. The summed E-state index contributed by atoms with van der Waals surface area (Å²) in [6, 6.07) is 13.0. The summed E-state index contributed by atoms with van der Waals surface area (Å²) in [4.78, 5) is 14.2. The summed E-state index contributed by atoms with van der Waals surface area (Å²) in [5.74, 6) is -0.0343. The van der Waals surface area contributed by atoms with E-state index in [9.17, 15) is 18.0 Å². The van der Waals surface area contributed by atoms with Crippen LogP contribution in [0.15, 0.2) is 48.5 Å². The number of carbonyl (C=O) groups excluding carboxylic acids is 1. The summed E-state index contributed by atoms with van der Waals surface area (Å²) >= 11 is 0. The normalized spacial score (nSPS) is 20.8. The molecule has 0 saturated carbocycles. The molecule has 4 rings (SSSR count). The van der Waals surface area contributed by atoms with Crippen molar-refractivity contribution < 1.29 is 32.2 Å². The van der Waals surface area contributed by atoms with Crippen molar-refractivity contribution in [3.63, 3.8) is 0 Å². The van der Waals surface area contributed by atoms with Crippen molar-refractivity contribution in [2.75, 3.05) is 6.54 Å². The maximum atomic E-state index is 12.6. The molecule has 0 aliphatic carbocycles. The smallest absolute Gasteiger partial charge is 0.490 e. The van der Waals surface area contributed by atoms with Gasteiger partial charge in [-0.15, -0.1) is 13.2 Å². The predicted octanol–water partition coefficient (Wildman–Crippen LogP) is 4.82. The molecule has 1 fully saturated rings. The molecule has 1 saturated heterocycles. The van der Waals surface area contributed by atoms with Gasteiger partial charge in [0.15, 0.2) is 0 Å². The number of hydrogen-bond donors (Lipinski definition) is 0.